The molecule has 0 atom stereocenters. The predicted molar refractivity (Wildman–Crippen MR) is 51.5 cm³/mol. The van der Waals surface area contributed by atoms with Crippen molar-refractivity contribution in [3.05, 3.63) is 23.5 Å². The van der Waals surface area contributed by atoms with Gasteiger partial charge in [-0.15, -0.1) is 0 Å². The number of hydrogen-bond donors (Lipinski definition) is 1. The maximum atomic E-state index is 13.4. The Hall–Kier alpha value is -2.11. The molecule has 0 heterocycles. The van der Waals surface area contributed by atoms with Crippen LogP contribution in [0.1, 0.15) is 10.4 Å². The number of ether oxygens (including phenoxy) is 2. The summed E-state index contributed by atoms with van der Waals surface area (Å²) in [5, 5.41) is 8.47. The van der Waals surface area contributed by atoms with Crippen molar-refractivity contribution < 1.29 is 28.6 Å². The molecular formula is C10H9FO5. The molecule has 0 aromatic heterocycles. The molecule has 0 bridgehead atoms. The van der Waals surface area contributed by atoms with Crippen LogP contribution < -0.4 is 9.47 Å². The highest BCUT2D eigenvalue weighted by Gasteiger charge is 2.20. The van der Waals surface area contributed by atoms with E-state index >= 15 is 0 Å². The molecule has 16 heavy (non-hydrogen) atoms. The van der Waals surface area contributed by atoms with E-state index in [0.717, 1.165) is 12.1 Å². The first-order valence-electron chi connectivity index (χ1n) is 4.20. The Morgan fingerprint density at radius 2 is 1.88 bits per heavy atom. The largest absolute Gasteiger partial charge is 0.493 e. The topological polar surface area (TPSA) is 72.8 Å². The lowest BCUT2D eigenvalue weighted by atomic mass is 10.1. The van der Waals surface area contributed by atoms with Crippen molar-refractivity contribution in [1.82, 2.24) is 0 Å². The van der Waals surface area contributed by atoms with Crippen molar-refractivity contribution in [3.8, 4) is 11.5 Å². The molecular weight excluding hydrogens is 219 g/mol. The lowest BCUT2D eigenvalue weighted by molar-refractivity contribution is -0.131. The van der Waals surface area contributed by atoms with Crippen LogP contribution in [0, 0.1) is 5.82 Å². The lowest BCUT2D eigenvalue weighted by Crippen LogP contribution is -2.13. The molecule has 0 spiro atoms. The molecule has 0 aliphatic rings. The van der Waals surface area contributed by atoms with Gasteiger partial charge in [0.05, 0.1) is 14.2 Å². The third kappa shape index (κ3) is 2.10. The Balaban J connectivity index is 3.31. The van der Waals surface area contributed by atoms with E-state index in [1.165, 1.54) is 14.2 Å². The van der Waals surface area contributed by atoms with Gasteiger partial charge in [0.25, 0.3) is 5.78 Å². The number of methoxy groups -OCH3 is 2. The van der Waals surface area contributed by atoms with E-state index in [-0.39, 0.29) is 17.1 Å². The molecule has 1 rings (SSSR count). The second-order valence-electron chi connectivity index (χ2n) is 2.83. The number of Topliss-reactive ketones (excluding diaryl/α,β-unsaturated/α-hetero) is 1. The van der Waals surface area contributed by atoms with E-state index in [1.54, 1.807) is 0 Å². The standard InChI is InChI=1S/C10H9FO5/c1-15-7-4-5(8(12)10(13)14)3-6(11)9(7)16-2/h3-4H,1-2H3,(H,13,14). The fourth-order valence-corrected chi connectivity index (χ4v) is 1.17. The minimum atomic E-state index is -1.66. The minimum Gasteiger partial charge on any atom is -0.493 e. The fourth-order valence-electron chi connectivity index (χ4n) is 1.17. The van der Waals surface area contributed by atoms with Crippen molar-refractivity contribution >= 4 is 11.8 Å². The zero-order valence-electron chi connectivity index (χ0n) is 8.61. The lowest BCUT2D eigenvalue weighted by Gasteiger charge is -2.09. The molecule has 0 amide bonds. The van der Waals surface area contributed by atoms with Crippen LogP contribution in [0.15, 0.2) is 12.1 Å². The Bertz CT molecular complexity index is 441. The van der Waals surface area contributed by atoms with Gasteiger partial charge in [0, 0.05) is 5.56 Å². The van der Waals surface area contributed by atoms with Gasteiger partial charge >= 0.3 is 5.97 Å². The number of carboxylic acids is 1. The molecule has 0 saturated carbocycles. The van der Waals surface area contributed by atoms with E-state index in [1.807, 2.05) is 0 Å². The van der Waals surface area contributed by atoms with Gasteiger partial charge in [-0.25, -0.2) is 9.18 Å². The maximum absolute atomic E-state index is 13.4. The van der Waals surface area contributed by atoms with Crippen LogP contribution in [-0.2, 0) is 4.79 Å². The smallest absolute Gasteiger partial charge is 0.377 e. The molecule has 86 valence electrons. The van der Waals surface area contributed by atoms with E-state index in [2.05, 4.69) is 0 Å². The second kappa shape index (κ2) is 4.61. The molecule has 0 aliphatic carbocycles. The van der Waals surface area contributed by atoms with Gasteiger partial charge < -0.3 is 14.6 Å². The highest BCUT2D eigenvalue weighted by molar-refractivity contribution is 6.39. The number of ketones is 1. The zero-order valence-corrected chi connectivity index (χ0v) is 8.61. The number of carbonyl (C=O) groups excluding carboxylic acids is 1. The summed E-state index contributed by atoms with van der Waals surface area (Å²) in [6.45, 7) is 0. The molecule has 1 aromatic rings. The molecule has 0 saturated heterocycles. The third-order valence-electron chi connectivity index (χ3n) is 1.89. The summed E-state index contributed by atoms with van der Waals surface area (Å²) in [5.74, 6) is -3.94. The predicted octanol–water partition coefficient (Wildman–Crippen LogP) is 1.11. The summed E-state index contributed by atoms with van der Waals surface area (Å²) in [4.78, 5) is 21.5. The molecule has 0 unspecified atom stereocenters. The van der Waals surface area contributed by atoms with Crippen molar-refractivity contribution in [2.24, 2.45) is 0 Å². The minimum absolute atomic E-state index is 0.0351. The van der Waals surface area contributed by atoms with Gasteiger partial charge in [0.2, 0.25) is 0 Å². The number of carbonyl (C=O) groups is 2. The normalized spacial score (nSPS) is 9.69. The summed E-state index contributed by atoms with van der Waals surface area (Å²) in [6, 6.07) is 1.90. The molecule has 0 fully saturated rings. The number of aliphatic carboxylic acids is 1. The summed E-state index contributed by atoms with van der Waals surface area (Å²) in [7, 11) is 2.49. The van der Waals surface area contributed by atoms with Gasteiger partial charge in [0.1, 0.15) is 0 Å². The van der Waals surface area contributed by atoms with Crippen molar-refractivity contribution in [2.75, 3.05) is 14.2 Å². The third-order valence-corrected chi connectivity index (χ3v) is 1.89. The Labute approximate surface area is 90.4 Å². The average molecular weight is 228 g/mol. The molecule has 0 radical (unpaired) electrons. The fraction of sp³-hybridized carbons (Fsp3) is 0.200. The first-order valence-corrected chi connectivity index (χ1v) is 4.20. The van der Waals surface area contributed by atoms with Crippen molar-refractivity contribution in [1.29, 1.82) is 0 Å². The zero-order chi connectivity index (χ0) is 12.3. The SMILES string of the molecule is COc1cc(C(=O)C(=O)O)cc(F)c1OC. The summed E-state index contributed by atoms with van der Waals surface area (Å²) < 4.78 is 22.9. The molecule has 0 aliphatic heterocycles. The van der Waals surface area contributed by atoms with Gasteiger partial charge in [-0.05, 0) is 12.1 Å². The maximum Gasteiger partial charge on any atom is 0.377 e. The number of carboxylic acid groups (broad SMARTS) is 1. The van der Waals surface area contributed by atoms with Crippen LogP contribution >= 0.6 is 0 Å². The number of rotatable bonds is 4. The van der Waals surface area contributed by atoms with E-state index in [0.29, 0.717) is 0 Å². The quantitative estimate of drug-likeness (QED) is 0.617. The highest BCUT2D eigenvalue weighted by Crippen LogP contribution is 2.31. The van der Waals surface area contributed by atoms with E-state index < -0.39 is 17.6 Å². The molecule has 1 aromatic carbocycles. The first-order chi connectivity index (χ1) is 7.51. The van der Waals surface area contributed by atoms with Crippen LogP contribution in [0.4, 0.5) is 4.39 Å². The Morgan fingerprint density at radius 3 is 2.31 bits per heavy atom. The van der Waals surface area contributed by atoms with Crippen LogP contribution in [0.3, 0.4) is 0 Å². The Kier molecular flexibility index (Phi) is 3.44. The first kappa shape index (κ1) is 12.0. The van der Waals surface area contributed by atoms with E-state index in [4.69, 9.17) is 14.6 Å². The number of halogens is 1. The van der Waals surface area contributed by atoms with Crippen LogP contribution in [-0.4, -0.2) is 31.1 Å². The molecule has 6 heteroatoms. The van der Waals surface area contributed by atoms with Gasteiger partial charge in [-0.1, -0.05) is 0 Å². The molecule has 1 N–H and O–H groups in total. The van der Waals surface area contributed by atoms with Crippen molar-refractivity contribution in [3.63, 3.8) is 0 Å². The van der Waals surface area contributed by atoms with Crippen molar-refractivity contribution in [2.45, 2.75) is 0 Å². The van der Waals surface area contributed by atoms with Gasteiger partial charge in [-0.3, -0.25) is 4.79 Å². The van der Waals surface area contributed by atoms with Gasteiger partial charge in [-0.2, -0.15) is 0 Å². The highest BCUT2D eigenvalue weighted by atomic mass is 19.1. The average Bonchev–Trinajstić information content (AvgIpc) is 2.26. The van der Waals surface area contributed by atoms with E-state index in [9.17, 15) is 14.0 Å². The summed E-state index contributed by atoms with van der Waals surface area (Å²) in [5.41, 5.74) is -0.303. The Morgan fingerprint density at radius 1 is 1.25 bits per heavy atom. The number of hydrogen-bond acceptors (Lipinski definition) is 4. The second-order valence-corrected chi connectivity index (χ2v) is 2.83. The van der Waals surface area contributed by atoms with Crippen LogP contribution in [0.5, 0.6) is 11.5 Å². The van der Waals surface area contributed by atoms with Crippen LogP contribution in [0.2, 0.25) is 0 Å². The monoisotopic (exact) mass is 228 g/mol. The van der Waals surface area contributed by atoms with Gasteiger partial charge in [0.15, 0.2) is 17.3 Å². The summed E-state index contributed by atoms with van der Waals surface area (Å²) in [6.07, 6.45) is 0. The van der Waals surface area contributed by atoms with Crippen LogP contribution in [0.25, 0.3) is 0 Å². The molecule has 5 nitrogen and oxygen atoms in total. The number of benzene rings is 1. The summed E-state index contributed by atoms with van der Waals surface area (Å²) >= 11 is 0.